The molecule has 0 radical (unpaired) electrons. The van der Waals surface area contributed by atoms with Crippen molar-refractivity contribution in [2.24, 2.45) is 0 Å². The first-order valence-electron chi connectivity index (χ1n) is 10.1. The van der Waals surface area contributed by atoms with Gasteiger partial charge < -0.3 is 4.74 Å². The molecule has 4 rings (SSSR count). The zero-order chi connectivity index (χ0) is 23.6. The number of methoxy groups -OCH3 is 1. The van der Waals surface area contributed by atoms with Gasteiger partial charge in [0.1, 0.15) is 0 Å². The highest BCUT2D eigenvalue weighted by molar-refractivity contribution is 7.92. The minimum Gasteiger partial charge on any atom is -0.465 e. The first-order chi connectivity index (χ1) is 15.8. The maximum Gasteiger partial charge on any atom is 0.338 e. The molecule has 0 atom stereocenters. The summed E-state index contributed by atoms with van der Waals surface area (Å²) < 4.78 is 32.9. The van der Waals surface area contributed by atoms with Gasteiger partial charge >= 0.3 is 5.97 Å². The van der Waals surface area contributed by atoms with Gasteiger partial charge in [-0.2, -0.15) is 5.26 Å². The number of hydrogen-bond donors (Lipinski definition) is 0. The number of sulfonamides is 1. The topological polar surface area (TPSA) is 87.5 Å². The van der Waals surface area contributed by atoms with E-state index in [1.54, 1.807) is 66.7 Å². The van der Waals surface area contributed by atoms with E-state index in [0.29, 0.717) is 40.4 Å². The summed E-state index contributed by atoms with van der Waals surface area (Å²) >= 11 is 6.04. The predicted molar refractivity (Wildman–Crippen MR) is 128 cm³/mol. The highest BCUT2D eigenvalue weighted by atomic mass is 35.5. The van der Waals surface area contributed by atoms with Crippen molar-refractivity contribution in [2.75, 3.05) is 18.0 Å². The highest BCUT2D eigenvalue weighted by Crippen LogP contribution is 2.34. The average molecular weight is 479 g/mol. The zero-order valence-electron chi connectivity index (χ0n) is 17.7. The Bertz CT molecular complexity index is 1420. The molecule has 0 saturated heterocycles. The number of fused-ring (bicyclic) bond motifs is 1. The van der Waals surface area contributed by atoms with Crippen LogP contribution in [-0.2, 0) is 21.2 Å². The molecule has 8 heteroatoms. The van der Waals surface area contributed by atoms with Crippen LogP contribution in [0.15, 0.2) is 65.6 Å². The van der Waals surface area contributed by atoms with E-state index in [1.165, 1.54) is 17.5 Å². The Balaban J connectivity index is 1.66. The second-order valence-electron chi connectivity index (χ2n) is 7.41. The number of anilines is 1. The largest absolute Gasteiger partial charge is 0.465 e. The van der Waals surface area contributed by atoms with Crippen LogP contribution in [0.5, 0.6) is 0 Å². The Kier molecular flexibility index (Phi) is 6.23. The third kappa shape index (κ3) is 4.49. The quantitative estimate of drug-likeness (QED) is 0.383. The Hall–Kier alpha value is -3.60. The van der Waals surface area contributed by atoms with E-state index in [1.807, 2.05) is 6.07 Å². The van der Waals surface area contributed by atoms with Crippen LogP contribution in [0.1, 0.15) is 32.6 Å². The van der Waals surface area contributed by atoms with Crippen LogP contribution >= 0.6 is 11.6 Å². The standard InChI is InChI=1S/C25H19ClN2O4S/c1-32-25(29)23-14-18(16-27)6-8-19(23)7-5-17-3-2-4-22(13-17)33(30,31)28-12-11-20-15-21(26)9-10-24(20)28/h2-10,13-15H,11-12H2,1H3/b7-5+. The molecule has 6 nitrogen and oxygen atoms in total. The average Bonchev–Trinajstić information content (AvgIpc) is 3.26. The van der Waals surface area contributed by atoms with E-state index in [2.05, 4.69) is 0 Å². The van der Waals surface area contributed by atoms with Crippen molar-refractivity contribution in [3.8, 4) is 6.07 Å². The minimum absolute atomic E-state index is 0.167. The molecule has 0 saturated carbocycles. The number of carbonyl (C=O) groups excluding carboxylic acids is 1. The molecule has 0 spiro atoms. The van der Waals surface area contributed by atoms with E-state index in [9.17, 15) is 13.2 Å². The van der Waals surface area contributed by atoms with Crippen molar-refractivity contribution >= 4 is 45.4 Å². The van der Waals surface area contributed by atoms with Crippen molar-refractivity contribution in [3.05, 3.63) is 93.5 Å². The summed E-state index contributed by atoms with van der Waals surface area (Å²) in [4.78, 5) is 12.3. The van der Waals surface area contributed by atoms with Crippen LogP contribution in [0.3, 0.4) is 0 Å². The molecule has 1 heterocycles. The third-order valence-corrected chi connectivity index (χ3v) is 7.43. The van der Waals surface area contributed by atoms with Crippen molar-refractivity contribution in [1.29, 1.82) is 5.26 Å². The van der Waals surface area contributed by atoms with Crippen LogP contribution < -0.4 is 4.31 Å². The van der Waals surface area contributed by atoms with Gasteiger partial charge in [0.05, 0.1) is 34.9 Å². The predicted octanol–water partition coefficient (Wildman–Crippen LogP) is 4.92. The summed E-state index contributed by atoms with van der Waals surface area (Å²) in [6.07, 6.45) is 4.00. The summed E-state index contributed by atoms with van der Waals surface area (Å²) in [5.41, 5.74) is 3.34. The van der Waals surface area contributed by atoms with E-state index in [0.717, 1.165) is 5.56 Å². The fraction of sp³-hybridized carbons (Fsp3) is 0.120. The molecule has 33 heavy (non-hydrogen) atoms. The summed E-state index contributed by atoms with van der Waals surface area (Å²) in [6, 6.07) is 18.5. The number of nitrogens with zero attached hydrogens (tertiary/aromatic N) is 2. The maximum absolute atomic E-state index is 13.3. The van der Waals surface area contributed by atoms with Crippen LogP contribution in [0.2, 0.25) is 5.02 Å². The molecule has 166 valence electrons. The van der Waals surface area contributed by atoms with Crippen molar-refractivity contribution in [2.45, 2.75) is 11.3 Å². The monoisotopic (exact) mass is 478 g/mol. The molecule has 0 aliphatic carbocycles. The van der Waals surface area contributed by atoms with Gasteiger partial charge in [-0.1, -0.05) is 42.0 Å². The number of carbonyl (C=O) groups is 1. The Morgan fingerprint density at radius 1 is 1.12 bits per heavy atom. The fourth-order valence-electron chi connectivity index (χ4n) is 3.74. The lowest BCUT2D eigenvalue weighted by Crippen LogP contribution is -2.29. The molecular weight excluding hydrogens is 460 g/mol. The Morgan fingerprint density at radius 2 is 1.94 bits per heavy atom. The van der Waals surface area contributed by atoms with Crippen LogP contribution in [0, 0.1) is 11.3 Å². The number of esters is 1. The molecule has 1 aliphatic heterocycles. The zero-order valence-corrected chi connectivity index (χ0v) is 19.2. The highest BCUT2D eigenvalue weighted by Gasteiger charge is 2.31. The van der Waals surface area contributed by atoms with Gasteiger partial charge in [-0.05, 0) is 65.6 Å². The van der Waals surface area contributed by atoms with Gasteiger partial charge in [0.15, 0.2) is 0 Å². The fourth-order valence-corrected chi connectivity index (χ4v) is 5.49. The van der Waals surface area contributed by atoms with Crippen molar-refractivity contribution in [3.63, 3.8) is 0 Å². The van der Waals surface area contributed by atoms with Crippen LogP contribution in [0.4, 0.5) is 5.69 Å². The normalized spacial score (nSPS) is 13.1. The van der Waals surface area contributed by atoms with Gasteiger partial charge in [0.25, 0.3) is 10.0 Å². The van der Waals surface area contributed by atoms with Crippen molar-refractivity contribution < 1.29 is 17.9 Å². The summed E-state index contributed by atoms with van der Waals surface area (Å²) in [7, 11) is -2.49. The van der Waals surface area contributed by atoms with Crippen LogP contribution in [-0.4, -0.2) is 28.0 Å². The summed E-state index contributed by atoms with van der Waals surface area (Å²) in [6.45, 7) is 0.353. The van der Waals surface area contributed by atoms with Gasteiger partial charge in [-0.3, -0.25) is 4.31 Å². The van der Waals surface area contributed by atoms with Gasteiger partial charge in [-0.25, -0.2) is 13.2 Å². The lowest BCUT2D eigenvalue weighted by Gasteiger charge is -2.20. The number of hydrogen-bond acceptors (Lipinski definition) is 5. The first-order valence-corrected chi connectivity index (χ1v) is 11.9. The van der Waals surface area contributed by atoms with E-state index in [4.69, 9.17) is 21.6 Å². The van der Waals surface area contributed by atoms with Gasteiger partial charge in [0, 0.05) is 11.6 Å². The lowest BCUT2D eigenvalue weighted by atomic mass is 10.0. The number of rotatable bonds is 5. The van der Waals surface area contributed by atoms with Crippen molar-refractivity contribution in [1.82, 2.24) is 0 Å². The second kappa shape index (κ2) is 9.10. The SMILES string of the molecule is COC(=O)c1cc(C#N)ccc1/C=C/c1cccc(S(=O)(=O)N2CCc3cc(Cl)ccc32)c1. The summed E-state index contributed by atoms with van der Waals surface area (Å²) in [5, 5.41) is 9.68. The van der Waals surface area contributed by atoms with Gasteiger partial charge in [0.2, 0.25) is 0 Å². The maximum atomic E-state index is 13.3. The summed E-state index contributed by atoms with van der Waals surface area (Å²) in [5.74, 6) is -0.559. The number of nitriles is 1. The third-order valence-electron chi connectivity index (χ3n) is 5.38. The lowest BCUT2D eigenvalue weighted by molar-refractivity contribution is 0.0600. The van der Waals surface area contributed by atoms with E-state index in [-0.39, 0.29) is 10.5 Å². The molecule has 0 fully saturated rings. The molecule has 0 aromatic heterocycles. The molecule has 3 aromatic carbocycles. The number of halogens is 1. The molecule has 0 unspecified atom stereocenters. The Morgan fingerprint density at radius 3 is 2.70 bits per heavy atom. The first kappa shape index (κ1) is 22.6. The van der Waals surface area contributed by atoms with Gasteiger partial charge in [-0.15, -0.1) is 0 Å². The van der Waals surface area contributed by atoms with Crippen LogP contribution in [0.25, 0.3) is 12.2 Å². The number of benzene rings is 3. The molecular formula is C25H19ClN2O4S. The minimum atomic E-state index is -3.76. The molecule has 3 aromatic rings. The second-order valence-corrected chi connectivity index (χ2v) is 9.71. The smallest absolute Gasteiger partial charge is 0.338 e. The molecule has 0 bridgehead atoms. The van der Waals surface area contributed by atoms with E-state index >= 15 is 0 Å². The molecule has 0 amide bonds. The molecule has 1 aliphatic rings. The number of ether oxygens (including phenoxy) is 1. The van der Waals surface area contributed by atoms with E-state index < -0.39 is 16.0 Å². The Labute approximate surface area is 197 Å². The molecule has 0 N–H and O–H groups in total.